The molecule has 0 bridgehead atoms. The van der Waals surface area contributed by atoms with Gasteiger partial charge in [-0.1, -0.05) is 29.5 Å². The fourth-order valence-corrected chi connectivity index (χ4v) is 2.30. The van der Waals surface area contributed by atoms with Crippen molar-refractivity contribution in [3.05, 3.63) is 41.5 Å². The van der Waals surface area contributed by atoms with Crippen LogP contribution in [0.4, 0.5) is 10.8 Å². The molecule has 17 heavy (non-hydrogen) atoms. The molecule has 3 rings (SSSR count). The van der Waals surface area contributed by atoms with E-state index in [1.54, 1.807) is 6.20 Å². The molecule has 0 radical (unpaired) electrons. The van der Waals surface area contributed by atoms with Crippen molar-refractivity contribution in [1.29, 1.82) is 5.26 Å². The van der Waals surface area contributed by atoms with Gasteiger partial charge in [-0.3, -0.25) is 0 Å². The third kappa shape index (κ3) is 1.75. The standard InChI is InChI=1S/C12H8N4S/c13-5-8-6-15-12(17-8)16-11-7-14-10-4-2-1-3-9(10)11/h1-4,6-7,14H,(H,15,16). The van der Waals surface area contributed by atoms with E-state index < -0.39 is 0 Å². The van der Waals surface area contributed by atoms with Gasteiger partial charge in [-0.05, 0) is 6.07 Å². The quantitative estimate of drug-likeness (QED) is 0.722. The van der Waals surface area contributed by atoms with Crippen LogP contribution in [0.2, 0.25) is 0 Å². The summed E-state index contributed by atoms with van der Waals surface area (Å²) in [5, 5.41) is 13.8. The largest absolute Gasteiger partial charge is 0.359 e. The van der Waals surface area contributed by atoms with Crippen LogP contribution in [-0.2, 0) is 0 Å². The van der Waals surface area contributed by atoms with E-state index in [9.17, 15) is 0 Å². The minimum absolute atomic E-state index is 0.604. The molecule has 0 aliphatic heterocycles. The number of para-hydroxylation sites is 1. The minimum Gasteiger partial charge on any atom is -0.359 e. The molecule has 0 saturated carbocycles. The second kappa shape index (κ2) is 3.92. The van der Waals surface area contributed by atoms with Gasteiger partial charge in [-0.25, -0.2) is 4.98 Å². The monoisotopic (exact) mass is 240 g/mol. The second-order valence-corrected chi connectivity index (χ2v) is 4.55. The highest BCUT2D eigenvalue weighted by Crippen LogP contribution is 2.27. The zero-order chi connectivity index (χ0) is 11.7. The highest BCUT2D eigenvalue weighted by Gasteiger charge is 2.05. The van der Waals surface area contributed by atoms with Gasteiger partial charge >= 0.3 is 0 Å². The Kier molecular flexibility index (Phi) is 2.28. The molecule has 0 aliphatic carbocycles. The Morgan fingerprint density at radius 1 is 1.35 bits per heavy atom. The van der Waals surface area contributed by atoms with E-state index >= 15 is 0 Å². The van der Waals surface area contributed by atoms with Crippen molar-refractivity contribution in [2.75, 3.05) is 5.32 Å². The van der Waals surface area contributed by atoms with Crippen LogP contribution in [0, 0.1) is 11.3 Å². The molecule has 3 aromatic rings. The second-order valence-electron chi connectivity index (χ2n) is 3.51. The minimum atomic E-state index is 0.604. The zero-order valence-corrected chi connectivity index (χ0v) is 9.58. The first-order valence-electron chi connectivity index (χ1n) is 5.06. The van der Waals surface area contributed by atoms with E-state index in [4.69, 9.17) is 5.26 Å². The number of nitrogens with zero attached hydrogens (tertiary/aromatic N) is 2. The molecule has 0 fully saturated rings. The number of thiazole rings is 1. The van der Waals surface area contributed by atoms with Crippen LogP contribution in [0.15, 0.2) is 36.7 Å². The third-order valence-electron chi connectivity index (χ3n) is 2.45. The van der Waals surface area contributed by atoms with E-state index in [0.717, 1.165) is 21.7 Å². The predicted octanol–water partition coefficient (Wildman–Crippen LogP) is 3.24. The van der Waals surface area contributed by atoms with Crippen LogP contribution in [0.25, 0.3) is 10.9 Å². The summed E-state index contributed by atoms with van der Waals surface area (Å²) in [5.41, 5.74) is 2.05. The summed E-state index contributed by atoms with van der Waals surface area (Å²) < 4.78 is 0. The number of nitrogens with one attached hydrogen (secondary N) is 2. The van der Waals surface area contributed by atoms with Crippen molar-refractivity contribution in [1.82, 2.24) is 9.97 Å². The average molecular weight is 240 g/mol. The number of benzene rings is 1. The van der Waals surface area contributed by atoms with Crippen molar-refractivity contribution < 1.29 is 0 Å². The van der Waals surface area contributed by atoms with E-state index in [-0.39, 0.29) is 0 Å². The molecule has 2 aromatic heterocycles. The van der Waals surface area contributed by atoms with E-state index in [1.165, 1.54) is 11.3 Å². The number of aromatic amines is 1. The number of hydrogen-bond donors (Lipinski definition) is 2. The molecule has 0 aliphatic rings. The molecule has 2 heterocycles. The van der Waals surface area contributed by atoms with Gasteiger partial charge in [0.2, 0.25) is 0 Å². The van der Waals surface area contributed by atoms with Gasteiger partial charge in [-0.2, -0.15) is 5.26 Å². The van der Waals surface area contributed by atoms with Gasteiger partial charge in [0, 0.05) is 17.1 Å². The van der Waals surface area contributed by atoms with Crippen molar-refractivity contribution in [2.24, 2.45) is 0 Å². The lowest BCUT2D eigenvalue weighted by atomic mass is 10.2. The number of H-pyrrole nitrogens is 1. The lowest BCUT2D eigenvalue weighted by Crippen LogP contribution is -1.86. The van der Waals surface area contributed by atoms with Crippen LogP contribution in [0.1, 0.15) is 4.88 Å². The third-order valence-corrected chi connectivity index (χ3v) is 3.26. The summed E-state index contributed by atoms with van der Waals surface area (Å²) >= 11 is 1.34. The van der Waals surface area contributed by atoms with Crippen LogP contribution in [0.3, 0.4) is 0 Å². The van der Waals surface area contributed by atoms with Crippen molar-refractivity contribution in [2.45, 2.75) is 0 Å². The topological polar surface area (TPSA) is 64.5 Å². The van der Waals surface area contributed by atoms with Crippen LogP contribution in [0.5, 0.6) is 0 Å². The highest BCUT2D eigenvalue weighted by molar-refractivity contribution is 7.16. The SMILES string of the molecule is N#Cc1cnc(Nc2c[nH]c3ccccc23)s1. The maximum Gasteiger partial charge on any atom is 0.188 e. The molecule has 4 nitrogen and oxygen atoms in total. The first-order valence-corrected chi connectivity index (χ1v) is 5.87. The van der Waals surface area contributed by atoms with Crippen LogP contribution >= 0.6 is 11.3 Å². The van der Waals surface area contributed by atoms with Gasteiger partial charge in [0.15, 0.2) is 5.13 Å². The van der Waals surface area contributed by atoms with Crippen molar-refractivity contribution in [3.63, 3.8) is 0 Å². The van der Waals surface area contributed by atoms with Crippen LogP contribution in [-0.4, -0.2) is 9.97 Å². The summed E-state index contributed by atoms with van der Waals surface area (Å²) in [4.78, 5) is 7.92. The fraction of sp³-hybridized carbons (Fsp3) is 0. The summed E-state index contributed by atoms with van der Waals surface area (Å²) in [5.74, 6) is 0. The predicted molar refractivity (Wildman–Crippen MR) is 68.4 cm³/mol. The van der Waals surface area contributed by atoms with Gasteiger partial charge in [-0.15, -0.1) is 0 Å². The van der Waals surface area contributed by atoms with Gasteiger partial charge < -0.3 is 10.3 Å². The van der Waals surface area contributed by atoms with E-state index in [0.29, 0.717) is 4.88 Å². The summed E-state index contributed by atoms with van der Waals surface area (Å²) in [6.07, 6.45) is 3.47. The Balaban J connectivity index is 1.97. The Labute approximate surface area is 102 Å². The Hall–Kier alpha value is -2.32. The molecule has 0 spiro atoms. The smallest absolute Gasteiger partial charge is 0.188 e. The maximum atomic E-state index is 8.74. The molecule has 5 heteroatoms. The molecule has 0 atom stereocenters. The first-order chi connectivity index (χ1) is 8.36. The summed E-state index contributed by atoms with van der Waals surface area (Å²) in [6.45, 7) is 0. The van der Waals surface area contributed by atoms with Gasteiger partial charge in [0.25, 0.3) is 0 Å². The lowest BCUT2D eigenvalue weighted by Gasteiger charge is -1.99. The summed E-state index contributed by atoms with van der Waals surface area (Å²) in [6, 6.07) is 10.1. The van der Waals surface area contributed by atoms with Crippen molar-refractivity contribution in [3.8, 4) is 6.07 Å². The molecule has 0 unspecified atom stereocenters. The molecule has 2 N–H and O–H groups in total. The van der Waals surface area contributed by atoms with Crippen LogP contribution < -0.4 is 5.32 Å². The van der Waals surface area contributed by atoms with Gasteiger partial charge in [0.1, 0.15) is 10.9 Å². The Morgan fingerprint density at radius 2 is 2.24 bits per heavy atom. The Bertz CT molecular complexity index is 704. The van der Waals surface area contributed by atoms with Crippen molar-refractivity contribution >= 4 is 33.1 Å². The Morgan fingerprint density at radius 3 is 3.06 bits per heavy atom. The molecular formula is C12H8N4S. The molecule has 0 amide bonds. The molecule has 1 aromatic carbocycles. The number of hydrogen-bond acceptors (Lipinski definition) is 4. The van der Waals surface area contributed by atoms with E-state index in [1.807, 2.05) is 30.5 Å². The zero-order valence-electron chi connectivity index (χ0n) is 8.77. The first kappa shape index (κ1) is 9.87. The average Bonchev–Trinajstić information content (AvgIpc) is 2.97. The maximum absolute atomic E-state index is 8.74. The summed E-state index contributed by atoms with van der Waals surface area (Å²) in [7, 11) is 0. The number of rotatable bonds is 2. The fourth-order valence-electron chi connectivity index (χ4n) is 1.67. The molecule has 82 valence electrons. The number of fused-ring (bicyclic) bond motifs is 1. The molecule has 0 saturated heterocycles. The number of aromatic nitrogens is 2. The lowest BCUT2D eigenvalue weighted by molar-refractivity contribution is 1.38. The van der Waals surface area contributed by atoms with Gasteiger partial charge in [0.05, 0.1) is 11.9 Å². The molecular weight excluding hydrogens is 232 g/mol. The number of nitriles is 1. The highest BCUT2D eigenvalue weighted by atomic mass is 32.1. The normalized spacial score (nSPS) is 10.3. The number of anilines is 2. The van der Waals surface area contributed by atoms with E-state index in [2.05, 4.69) is 21.4 Å².